The van der Waals surface area contributed by atoms with Crippen molar-refractivity contribution in [2.45, 2.75) is 0 Å². The van der Waals surface area contributed by atoms with E-state index in [1.807, 2.05) is 0 Å². The molecule has 1 aliphatic heterocycles. The summed E-state index contributed by atoms with van der Waals surface area (Å²) in [6, 6.07) is 0. The molecule has 17 heavy (non-hydrogen) atoms. The van der Waals surface area contributed by atoms with Crippen molar-refractivity contribution in [3.8, 4) is 0 Å². The summed E-state index contributed by atoms with van der Waals surface area (Å²) in [7, 11) is -1.36. The molecule has 100 valence electrons. The number of aromatic amines is 2. The van der Waals surface area contributed by atoms with Crippen LogP contribution in [-0.2, 0) is 0 Å². The molecule has 0 saturated heterocycles. The first-order valence-electron chi connectivity index (χ1n) is 4.18. The van der Waals surface area contributed by atoms with Crippen LogP contribution in [0.4, 0.5) is 0 Å². The van der Waals surface area contributed by atoms with Gasteiger partial charge in [-0.2, -0.15) is 4.51 Å². The molecule has 0 radical (unpaired) electrons. The van der Waals surface area contributed by atoms with Gasteiger partial charge < -0.3 is 26.2 Å². The molecule has 0 saturated carbocycles. The lowest BCUT2D eigenvalue weighted by atomic mass is 10.8. The van der Waals surface area contributed by atoms with Crippen LogP contribution in [0.1, 0.15) is 0 Å². The number of thiol groups is 1. The van der Waals surface area contributed by atoms with Gasteiger partial charge in [-0.15, -0.1) is 0 Å². The zero-order valence-corrected chi connectivity index (χ0v) is 12.5. The highest BCUT2D eigenvalue weighted by atomic mass is 32.3. The highest BCUT2D eigenvalue weighted by Gasteiger charge is 2.39. The normalized spacial score (nSPS) is 24.2. The van der Waals surface area contributed by atoms with E-state index < -0.39 is 9.72 Å². The number of nitrogens with two attached hydrogens (primary N) is 6. The van der Waals surface area contributed by atoms with Crippen molar-refractivity contribution in [3.05, 3.63) is 10.9 Å². The number of aliphatic imine (C=N–C) groups is 1. The van der Waals surface area contributed by atoms with Crippen molar-refractivity contribution in [2.24, 2.45) is 37.6 Å². The van der Waals surface area contributed by atoms with E-state index in [0.29, 0.717) is 17.0 Å². The predicted molar refractivity (Wildman–Crippen MR) is 80.7 cm³/mol. The Kier molecular flexibility index (Phi) is 4.16. The molecule has 1 aromatic rings. The Balaban J connectivity index is 0.000000202. The van der Waals surface area contributed by atoms with Crippen molar-refractivity contribution in [3.63, 3.8) is 0 Å². The Morgan fingerprint density at radius 2 is 1.82 bits per heavy atom. The lowest BCUT2D eigenvalue weighted by molar-refractivity contribution is 1.21. The standard InChI is InChI=1S/C3H13N7S.H4N3P3/c4-1-2(5)11(7,8,9)3(6)10-1;1-4-2-6-3-5-1/h11H,4-5,7-9H2,(H2,6,10);1,4-5H,(H,2,3). The van der Waals surface area contributed by atoms with Crippen LogP contribution in [0, 0.1) is 0 Å². The molecule has 1 aliphatic rings. The Morgan fingerprint density at radius 3 is 1.94 bits per heavy atom. The molecule has 2 heterocycles. The van der Waals surface area contributed by atoms with Crippen LogP contribution in [-0.4, -0.2) is 18.7 Å². The molecule has 0 aromatic carbocycles. The van der Waals surface area contributed by atoms with E-state index in [4.69, 9.17) is 32.6 Å². The van der Waals surface area contributed by atoms with Gasteiger partial charge in [-0.1, -0.05) is 9.72 Å². The topological polar surface area (TPSA) is 213 Å². The summed E-state index contributed by atoms with van der Waals surface area (Å²) in [5, 5.41) is 16.6. The fraction of sp³-hybridized carbons (Fsp3) is 0. The van der Waals surface area contributed by atoms with E-state index in [2.05, 4.69) is 18.5 Å². The first-order valence-corrected chi connectivity index (χ1v) is 9.42. The van der Waals surface area contributed by atoms with Gasteiger partial charge in [-0.05, 0) is 0 Å². The summed E-state index contributed by atoms with van der Waals surface area (Å²) >= 11 is 0. The predicted octanol–water partition coefficient (Wildman–Crippen LogP) is -1.44. The number of hydrogen-bond donors (Lipinski definition) is 9. The van der Waals surface area contributed by atoms with Crippen molar-refractivity contribution < 1.29 is 0 Å². The molecule has 0 spiro atoms. The lowest BCUT2D eigenvalue weighted by Crippen LogP contribution is -2.54. The highest BCUT2D eigenvalue weighted by molar-refractivity contribution is 8.58. The van der Waals surface area contributed by atoms with E-state index in [0.717, 1.165) is 8.51 Å². The van der Waals surface area contributed by atoms with Gasteiger partial charge in [0, 0.05) is 17.0 Å². The Hall–Kier alpha value is -0.660. The fourth-order valence-corrected chi connectivity index (χ4v) is 4.62. The Bertz CT molecular complexity index is 436. The molecule has 14 heteroatoms. The quantitative estimate of drug-likeness (QED) is 0.259. The molecule has 2 rings (SSSR count). The molecular weight excluding hydrogens is 301 g/mol. The first kappa shape index (κ1) is 14.4. The van der Waals surface area contributed by atoms with Gasteiger partial charge in [0.05, 0.1) is 0 Å². The summed E-state index contributed by atoms with van der Waals surface area (Å²) in [6.07, 6.45) is 0. The number of rotatable bonds is 0. The van der Waals surface area contributed by atoms with E-state index in [1.165, 1.54) is 0 Å². The van der Waals surface area contributed by atoms with Crippen molar-refractivity contribution >= 4 is 40.4 Å². The third-order valence-electron chi connectivity index (χ3n) is 1.87. The van der Waals surface area contributed by atoms with Gasteiger partial charge in [0.15, 0.2) is 11.0 Å². The van der Waals surface area contributed by atoms with Gasteiger partial charge in [0.25, 0.3) is 0 Å². The number of aromatic nitrogens is 3. The van der Waals surface area contributed by atoms with E-state index >= 15 is 0 Å². The third kappa shape index (κ3) is 3.17. The summed E-state index contributed by atoms with van der Waals surface area (Å²) in [4.78, 5) is 3.60. The number of amidine groups is 1. The van der Waals surface area contributed by atoms with Crippen LogP contribution >= 0.6 is 35.2 Å². The smallest absolute Gasteiger partial charge is 0.165 e. The van der Waals surface area contributed by atoms with Gasteiger partial charge in [-0.25, -0.2) is 4.99 Å². The molecule has 2 unspecified atom stereocenters. The average Bonchev–Trinajstić information content (AvgIpc) is 2.43. The summed E-state index contributed by atoms with van der Waals surface area (Å²) in [5.74, 6) is 0.0210. The second kappa shape index (κ2) is 4.91. The van der Waals surface area contributed by atoms with Gasteiger partial charge in [0.1, 0.15) is 13.5 Å². The van der Waals surface area contributed by atoms with Crippen molar-refractivity contribution in [1.82, 2.24) is 13.5 Å². The van der Waals surface area contributed by atoms with E-state index in [1.54, 1.807) is 0 Å². The minimum Gasteiger partial charge on any atom is -0.390 e. The van der Waals surface area contributed by atoms with Crippen molar-refractivity contribution in [1.29, 1.82) is 0 Å². The van der Waals surface area contributed by atoms with Crippen LogP contribution < -0.4 is 32.6 Å². The molecule has 10 nitrogen and oxygen atoms in total. The summed E-state index contributed by atoms with van der Waals surface area (Å²) in [6.45, 7) is 0. The molecule has 0 aliphatic carbocycles. The third-order valence-corrected chi connectivity index (χ3v) is 6.89. The summed E-state index contributed by atoms with van der Waals surface area (Å²) in [5.41, 5.74) is 16.1. The maximum Gasteiger partial charge on any atom is 0.165 e. The molecule has 1 aromatic heterocycles. The second-order valence-electron chi connectivity index (χ2n) is 3.25. The largest absolute Gasteiger partial charge is 0.390 e. The first-order chi connectivity index (χ1) is 7.74. The lowest BCUT2D eigenvalue weighted by Gasteiger charge is -2.47. The van der Waals surface area contributed by atoms with Crippen LogP contribution in [0.5, 0.6) is 0 Å². The second-order valence-corrected chi connectivity index (χ2v) is 10.2. The van der Waals surface area contributed by atoms with Crippen molar-refractivity contribution in [2.75, 3.05) is 0 Å². The van der Waals surface area contributed by atoms with E-state index in [-0.39, 0.29) is 16.0 Å². The van der Waals surface area contributed by atoms with Gasteiger partial charge in [0.2, 0.25) is 0 Å². The Labute approximate surface area is 103 Å². The monoisotopic (exact) mass is 318 g/mol. The average molecular weight is 318 g/mol. The van der Waals surface area contributed by atoms with E-state index in [9.17, 15) is 0 Å². The molecule has 2 atom stereocenters. The SMILES string of the molecule is NC1=NC(N)=C(N)[SH]1(N)(N)N.n1p[nH][pH][nH][pH]1. The maximum absolute atomic E-state index is 5.57. The summed E-state index contributed by atoms with van der Waals surface area (Å²) < 4.78 is 10.0. The number of nitrogens with one attached hydrogen (secondary N) is 2. The fourth-order valence-electron chi connectivity index (χ4n) is 0.827. The number of nitrogens with zero attached hydrogens (tertiary/aromatic N) is 2. The highest BCUT2D eigenvalue weighted by Crippen LogP contribution is 2.55. The molecule has 0 amide bonds. The minimum atomic E-state index is -3.71. The Morgan fingerprint density at radius 1 is 1.18 bits per heavy atom. The van der Waals surface area contributed by atoms with Gasteiger partial charge >= 0.3 is 0 Å². The number of hydrogen-bond acceptors (Lipinski definition) is 8. The van der Waals surface area contributed by atoms with Crippen LogP contribution in [0.15, 0.2) is 15.8 Å². The maximum atomic E-state index is 5.57. The molecule has 0 bridgehead atoms. The van der Waals surface area contributed by atoms with Crippen LogP contribution in [0.3, 0.4) is 0 Å². The molecule has 14 N–H and O–H groups in total. The van der Waals surface area contributed by atoms with Crippen LogP contribution in [0.25, 0.3) is 0 Å². The number of H-pyrrole nitrogens is 2. The zero-order chi connectivity index (χ0) is 13.1. The van der Waals surface area contributed by atoms with Crippen LogP contribution in [0.2, 0.25) is 0 Å². The molecule has 0 fully saturated rings. The zero-order valence-electron chi connectivity index (χ0n) is 8.75. The molecular formula is C3H17N10P3S. The minimum absolute atomic E-state index is 0.00787. The van der Waals surface area contributed by atoms with Gasteiger partial charge in [-0.3, -0.25) is 15.4 Å².